The van der Waals surface area contributed by atoms with E-state index in [1.54, 1.807) is 12.3 Å². The Morgan fingerprint density at radius 2 is 2.00 bits per heavy atom. The van der Waals surface area contributed by atoms with Crippen LogP contribution in [0.5, 0.6) is 0 Å². The highest BCUT2D eigenvalue weighted by atomic mass is 19.1. The van der Waals surface area contributed by atoms with Crippen molar-refractivity contribution in [1.29, 1.82) is 0 Å². The first kappa shape index (κ1) is 9.38. The molecule has 1 aromatic rings. The Morgan fingerprint density at radius 3 is 2.64 bits per heavy atom. The predicted molar refractivity (Wildman–Crippen MR) is 56.4 cm³/mol. The fourth-order valence-corrected chi connectivity index (χ4v) is 1.92. The van der Waals surface area contributed by atoms with E-state index in [9.17, 15) is 4.39 Å². The molecule has 0 atom stereocenters. The topological polar surface area (TPSA) is 12.4 Å². The largest absolute Gasteiger partial charge is 0.288 e. The standard InChI is InChI=1S/C12H14FN/c1-12(2,3)11-9-7-14-6-8(9)4-5-10(11)13/h4-5,7H,6H2,1-3H3. The van der Waals surface area contributed by atoms with Gasteiger partial charge in [-0.1, -0.05) is 26.8 Å². The molecular weight excluding hydrogens is 177 g/mol. The number of hydrogen-bond donors (Lipinski definition) is 0. The van der Waals surface area contributed by atoms with Gasteiger partial charge in [-0.05, 0) is 17.0 Å². The molecule has 2 heteroatoms. The number of benzene rings is 1. The van der Waals surface area contributed by atoms with E-state index >= 15 is 0 Å². The number of halogens is 1. The third-order valence-corrected chi connectivity index (χ3v) is 2.52. The first-order valence-corrected chi connectivity index (χ1v) is 4.82. The molecule has 0 N–H and O–H groups in total. The van der Waals surface area contributed by atoms with Gasteiger partial charge in [0.15, 0.2) is 0 Å². The SMILES string of the molecule is CC(C)(C)c1c(F)ccc2c1C=NC2. The summed E-state index contributed by atoms with van der Waals surface area (Å²) in [5, 5.41) is 0. The summed E-state index contributed by atoms with van der Waals surface area (Å²) in [6.45, 7) is 6.77. The number of nitrogens with zero attached hydrogens (tertiary/aromatic N) is 1. The minimum absolute atomic E-state index is 0.121. The maximum atomic E-state index is 13.7. The van der Waals surface area contributed by atoms with Crippen molar-refractivity contribution in [3.05, 3.63) is 34.6 Å². The van der Waals surface area contributed by atoms with Crippen LogP contribution in [0.25, 0.3) is 0 Å². The summed E-state index contributed by atoms with van der Waals surface area (Å²) >= 11 is 0. The van der Waals surface area contributed by atoms with Crippen LogP contribution in [0.15, 0.2) is 17.1 Å². The zero-order valence-corrected chi connectivity index (χ0v) is 8.76. The van der Waals surface area contributed by atoms with Gasteiger partial charge in [0.05, 0.1) is 6.54 Å². The van der Waals surface area contributed by atoms with Gasteiger partial charge in [0.25, 0.3) is 0 Å². The van der Waals surface area contributed by atoms with Crippen LogP contribution in [0.1, 0.15) is 37.5 Å². The zero-order valence-electron chi connectivity index (χ0n) is 8.76. The molecule has 1 aliphatic heterocycles. The fourth-order valence-electron chi connectivity index (χ4n) is 1.92. The molecule has 0 bridgehead atoms. The first-order valence-electron chi connectivity index (χ1n) is 4.82. The van der Waals surface area contributed by atoms with Crippen molar-refractivity contribution in [3.8, 4) is 0 Å². The Morgan fingerprint density at radius 1 is 1.29 bits per heavy atom. The lowest BCUT2D eigenvalue weighted by Gasteiger charge is -2.22. The number of rotatable bonds is 0. The lowest BCUT2D eigenvalue weighted by atomic mass is 9.82. The molecule has 1 nitrogen and oxygen atoms in total. The minimum atomic E-state index is -0.161. The van der Waals surface area contributed by atoms with Gasteiger partial charge < -0.3 is 0 Å². The van der Waals surface area contributed by atoms with E-state index in [0.717, 1.165) is 16.7 Å². The molecule has 0 spiro atoms. The maximum absolute atomic E-state index is 13.7. The minimum Gasteiger partial charge on any atom is -0.288 e. The molecule has 74 valence electrons. The molecule has 0 radical (unpaired) electrons. The Hall–Kier alpha value is -1.18. The second kappa shape index (κ2) is 2.91. The lowest BCUT2D eigenvalue weighted by molar-refractivity contribution is 0.521. The molecule has 0 aromatic heterocycles. The van der Waals surface area contributed by atoms with Crippen LogP contribution < -0.4 is 0 Å². The van der Waals surface area contributed by atoms with Crippen molar-refractivity contribution in [3.63, 3.8) is 0 Å². The van der Waals surface area contributed by atoms with Gasteiger partial charge in [-0.2, -0.15) is 0 Å². The molecule has 0 amide bonds. The predicted octanol–water partition coefficient (Wildman–Crippen LogP) is 3.06. The van der Waals surface area contributed by atoms with Crippen molar-refractivity contribution >= 4 is 6.21 Å². The van der Waals surface area contributed by atoms with E-state index in [-0.39, 0.29) is 11.2 Å². The van der Waals surface area contributed by atoms with Crippen molar-refractivity contribution < 1.29 is 4.39 Å². The van der Waals surface area contributed by atoms with Crippen molar-refractivity contribution in [2.24, 2.45) is 4.99 Å². The zero-order chi connectivity index (χ0) is 10.3. The van der Waals surface area contributed by atoms with Gasteiger partial charge in [-0.15, -0.1) is 0 Å². The van der Waals surface area contributed by atoms with E-state index in [2.05, 4.69) is 4.99 Å². The molecule has 0 fully saturated rings. The van der Waals surface area contributed by atoms with E-state index in [1.807, 2.05) is 26.8 Å². The molecule has 1 aromatic carbocycles. The molecule has 0 saturated carbocycles. The quantitative estimate of drug-likeness (QED) is 0.597. The van der Waals surface area contributed by atoms with Crippen molar-refractivity contribution in [2.45, 2.75) is 32.7 Å². The maximum Gasteiger partial charge on any atom is 0.127 e. The van der Waals surface area contributed by atoms with Crippen molar-refractivity contribution in [2.75, 3.05) is 0 Å². The van der Waals surface area contributed by atoms with E-state index in [4.69, 9.17) is 0 Å². The smallest absolute Gasteiger partial charge is 0.127 e. The first-order chi connectivity index (χ1) is 6.50. The van der Waals surface area contributed by atoms with Gasteiger partial charge in [-0.25, -0.2) is 4.39 Å². The Balaban J connectivity index is 2.69. The summed E-state index contributed by atoms with van der Waals surface area (Å²) in [7, 11) is 0. The average molecular weight is 191 g/mol. The second-order valence-corrected chi connectivity index (χ2v) is 4.71. The van der Waals surface area contributed by atoms with E-state index < -0.39 is 0 Å². The van der Waals surface area contributed by atoms with Crippen LogP contribution in [0.4, 0.5) is 4.39 Å². The highest BCUT2D eigenvalue weighted by Crippen LogP contribution is 2.31. The summed E-state index contributed by atoms with van der Waals surface area (Å²) in [6.07, 6.45) is 1.79. The second-order valence-electron chi connectivity index (χ2n) is 4.71. The molecule has 14 heavy (non-hydrogen) atoms. The van der Waals surface area contributed by atoms with Gasteiger partial charge in [0.2, 0.25) is 0 Å². The normalized spacial score (nSPS) is 14.6. The number of fused-ring (bicyclic) bond motifs is 1. The number of hydrogen-bond acceptors (Lipinski definition) is 1. The molecule has 0 unspecified atom stereocenters. The third-order valence-electron chi connectivity index (χ3n) is 2.52. The lowest BCUT2D eigenvalue weighted by Crippen LogP contribution is -2.17. The van der Waals surface area contributed by atoms with Crippen LogP contribution in [0.2, 0.25) is 0 Å². The summed E-state index contributed by atoms with van der Waals surface area (Å²) < 4.78 is 13.7. The molecule has 0 saturated heterocycles. The molecule has 1 aliphatic rings. The fraction of sp³-hybridized carbons (Fsp3) is 0.417. The van der Waals surface area contributed by atoms with E-state index in [0.29, 0.717) is 6.54 Å². The molecular formula is C12H14FN. The van der Waals surface area contributed by atoms with Crippen LogP contribution in [0, 0.1) is 5.82 Å². The Labute approximate surface area is 83.7 Å². The highest BCUT2D eigenvalue weighted by molar-refractivity contribution is 5.87. The molecule has 0 aliphatic carbocycles. The Kier molecular flexibility index (Phi) is 1.95. The molecule has 1 heterocycles. The Bertz CT molecular complexity index is 400. The molecule has 2 rings (SSSR count). The van der Waals surface area contributed by atoms with Crippen LogP contribution in [-0.2, 0) is 12.0 Å². The van der Waals surface area contributed by atoms with Gasteiger partial charge >= 0.3 is 0 Å². The van der Waals surface area contributed by atoms with E-state index in [1.165, 1.54) is 0 Å². The summed E-state index contributed by atoms with van der Waals surface area (Å²) in [6, 6.07) is 3.38. The van der Waals surface area contributed by atoms with Crippen LogP contribution >= 0.6 is 0 Å². The van der Waals surface area contributed by atoms with Gasteiger partial charge in [0.1, 0.15) is 5.82 Å². The summed E-state index contributed by atoms with van der Waals surface area (Å²) in [5.41, 5.74) is 2.75. The van der Waals surface area contributed by atoms with Crippen LogP contribution in [0.3, 0.4) is 0 Å². The van der Waals surface area contributed by atoms with Gasteiger partial charge in [-0.3, -0.25) is 4.99 Å². The highest BCUT2D eigenvalue weighted by Gasteiger charge is 2.24. The van der Waals surface area contributed by atoms with Gasteiger partial charge in [0, 0.05) is 17.3 Å². The van der Waals surface area contributed by atoms with Crippen LogP contribution in [-0.4, -0.2) is 6.21 Å². The number of aliphatic imine (C=N–C) groups is 1. The summed E-state index contributed by atoms with van der Waals surface area (Å²) in [5.74, 6) is -0.121. The monoisotopic (exact) mass is 191 g/mol. The summed E-state index contributed by atoms with van der Waals surface area (Å²) in [4.78, 5) is 4.17. The average Bonchev–Trinajstić information content (AvgIpc) is 2.48. The van der Waals surface area contributed by atoms with Crippen molar-refractivity contribution in [1.82, 2.24) is 0 Å². The third kappa shape index (κ3) is 1.35.